The molecular weight excluding hydrogens is 326 g/mol. The normalized spacial score (nSPS) is 14.9. The summed E-state index contributed by atoms with van der Waals surface area (Å²) in [5.74, 6) is 0.725. The molecule has 2 N–H and O–H groups in total. The summed E-state index contributed by atoms with van der Waals surface area (Å²) in [4.78, 5) is 37.3. The number of rotatable bonds is 5. The highest BCUT2D eigenvalue weighted by molar-refractivity contribution is 5.72. The Bertz CT molecular complexity index is 922. The highest BCUT2D eigenvalue weighted by atomic mass is 16.6. The van der Waals surface area contributed by atoms with Crippen LogP contribution in [-0.4, -0.2) is 21.0 Å². The maximum Gasteiger partial charge on any atom is 0.357 e. The van der Waals surface area contributed by atoms with Gasteiger partial charge in [-0.05, 0) is 49.5 Å². The van der Waals surface area contributed by atoms with Crippen molar-refractivity contribution in [3.63, 3.8) is 0 Å². The average molecular weight is 343 g/mol. The number of nitrogens with zero attached hydrogens (tertiary/aromatic N) is 1. The first-order chi connectivity index (χ1) is 12.0. The molecule has 130 valence electrons. The number of aromatic nitrogens is 2. The molecule has 0 amide bonds. The minimum atomic E-state index is -1.04. The van der Waals surface area contributed by atoms with Gasteiger partial charge in [0.1, 0.15) is 11.4 Å². The molecule has 1 aliphatic carbocycles. The molecule has 0 unspecified atom stereocenters. The Labute approximate surface area is 142 Å². The molecule has 8 heteroatoms. The Kier molecular flexibility index (Phi) is 4.78. The summed E-state index contributed by atoms with van der Waals surface area (Å²) in [5, 5.41) is 11.0. The van der Waals surface area contributed by atoms with Crippen LogP contribution in [0.1, 0.15) is 36.9 Å². The monoisotopic (exact) mass is 343 g/mol. The average Bonchev–Trinajstić information content (AvgIpc) is 3.05. The second-order valence-corrected chi connectivity index (χ2v) is 5.86. The molecule has 8 nitrogen and oxygen atoms in total. The lowest BCUT2D eigenvalue weighted by molar-refractivity contribution is -0.386. The van der Waals surface area contributed by atoms with E-state index in [2.05, 4.69) is 4.98 Å². The standard InChI is InChI=1S/C17H17N3O5/c21-16-15(20(23)24)14(18-17(22)19-16)9-8-11-4-3-7-13(10-11)25-12-5-1-2-6-12/h3-4,7-10,12H,1-2,5-6H2,(H2,18,19,21,22). The van der Waals surface area contributed by atoms with E-state index in [1.807, 2.05) is 23.2 Å². The Morgan fingerprint density at radius 2 is 1.92 bits per heavy atom. The number of hydrogen-bond acceptors (Lipinski definition) is 5. The van der Waals surface area contributed by atoms with Gasteiger partial charge >= 0.3 is 16.9 Å². The van der Waals surface area contributed by atoms with Crippen LogP contribution in [0.2, 0.25) is 0 Å². The number of hydrogen-bond donors (Lipinski definition) is 2. The summed E-state index contributed by atoms with van der Waals surface area (Å²) in [5.41, 5.74) is -1.94. The molecular formula is C17H17N3O5. The maximum atomic E-state index is 11.6. The van der Waals surface area contributed by atoms with E-state index in [1.165, 1.54) is 18.9 Å². The SMILES string of the molecule is O=c1[nH]c(C=Cc2cccc(OC3CCCC3)c2)c([N+](=O)[O-])c(=O)[nH]1. The Balaban J connectivity index is 1.86. The number of nitro groups is 1. The summed E-state index contributed by atoms with van der Waals surface area (Å²) in [6.45, 7) is 0. The van der Waals surface area contributed by atoms with E-state index in [1.54, 1.807) is 12.1 Å². The van der Waals surface area contributed by atoms with Gasteiger partial charge in [0.25, 0.3) is 0 Å². The lowest BCUT2D eigenvalue weighted by Crippen LogP contribution is -2.25. The largest absolute Gasteiger partial charge is 0.490 e. The summed E-state index contributed by atoms with van der Waals surface area (Å²) in [6.07, 6.45) is 7.57. The van der Waals surface area contributed by atoms with Gasteiger partial charge in [0.05, 0.1) is 11.0 Å². The van der Waals surface area contributed by atoms with Gasteiger partial charge in [-0.3, -0.25) is 19.9 Å². The predicted molar refractivity (Wildman–Crippen MR) is 92.6 cm³/mol. The summed E-state index contributed by atoms with van der Waals surface area (Å²) >= 11 is 0. The van der Waals surface area contributed by atoms with Gasteiger partial charge in [0.2, 0.25) is 0 Å². The molecule has 0 aliphatic heterocycles. The topological polar surface area (TPSA) is 118 Å². The zero-order valence-corrected chi connectivity index (χ0v) is 13.4. The van der Waals surface area contributed by atoms with Gasteiger partial charge in [-0.25, -0.2) is 4.79 Å². The number of aromatic amines is 2. The first-order valence-corrected chi connectivity index (χ1v) is 7.99. The number of ether oxygens (including phenoxy) is 1. The van der Waals surface area contributed by atoms with Crippen molar-refractivity contribution in [2.24, 2.45) is 0 Å². The summed E-state index contributed by atoms with van der Waals surface area (Å²) in [6, 6.07) is 7.28. The van der Waals surface area contributed by atoms with E-state index in [9.17, 15) is 19.7 Å². The molecule has 1 aromatic heterocycles. The molecule has 2 aromatic rings. The highest BCUT2D eigenvalue weighted by Gasteiger charge is 2.19. The second kappa shape index (κ2) is 7.16. The molecule has 1 heterocycles. The molecule has 0 atom stereocenters. The molecule has 1 saturated carbocycles. The van der Waals surface area contributed by atoms with Crippen LogP contribution < -0.4 is 16.0 Å². The van der Waals surface area contributed by atoms with Crippen LogP contribution in [0.15, 0.2) is 33.9 Å². The third kappa shape index (κ3) is 4.03. The van der Waals surface area contributed by atoms with Crippen LogP contribution in [-0.2, 0) is 0 Å². The molecule has 1 aliphatic rings. The number of benzene rings is 1. The van der Waals surface area contributed by atoms with E-state index < -0.39 is 21.9 Å². The van der Waals surface area contributed by atoms with Gasteiger partial charge in [-0.2, -0.15) is 0 Å². The molecule has 0 radical (unpaired) electrons. The smallest absolute Gasteiger partial charge is 0.357 e. The molecule has 25 heavy (non-hydrogen) atoms. The highest BCUT2D eigenvalue weighted by Crippen LogP contribution is 2.25. The Morgan fingerprint density at radius 1 is 1.16 bits per heavy atom. The van der Waals surface area contributed by atoms with E-state index in [0.717, 1.165) is 24.2 Å². The van der Waals surface area contributed by atoms with Crippen LogP contribution in [0, 0.1) is 10.1 Å². The fraction of sp³-hybridized carbons (Fsp3) is 0.294. The Hall–Kier alpha value is -3.16. The first-order valence-electron chi connectivity index (χ1n) is 7.99. The lowest BCUT2D eigenvalue weighted by atomic mass is 10.2. The molecule has 0 bridgehead atoms. The number of H-pyrrole nitrogens is 2. The van der Waals surface area contributed by atoms with Crippen LogP contribution in [0.5, 0.6) is 5.75 Å². The fourth-order valence-electron chi connectivity index (χ4n) is 2.87. The molecule has 1 fully saturated rings. The minimum absolute atomic E-state index is 0.152. The zero-order chi connectivity index (χ0) is 17.8. The lowest BCUT2D eigenvalue weighted by Gasteiger charge is -2.13. The van der Waals surface area contributed by atoms with Crippen LogP contribution in [0.25, 0.3) is 12.2 Å². The molecule has 0 spiro atoms. The van der Waals surface area contributed by atoms with E-state index in [4.69, 9.17) is 4.74 Å². The van der Waals surface area contributed by atoms with Crippen LogP contribution in [0.4, 0.5) is 5.69 Å². The summed E-state index contributed by atoms with van der Waals surface area (Å²) in [7, 11) is 0. The van der Waals surface area contributed by atoms with Crippen molar-refractivity contribution < 1.29 is 9.66 Å². The van der Waals surface area contributed by atoms with Crippen LogP contribution in [0.3, 0.4) is 0 Å². The van der Waals surface area contributed by atoms with Gasteiger partial charge in [0, 0.05) is 0 Å². The van der Waals surface area contributed by atoms with Crippen molar-refractivity contribution in [2.75, 3.05) is 0 Å². The van der Waals surface area contributed by atoms with Crippen molar-refractivity contribution in [3.8, 4) is 5.75 Å². The van der Waals surface area contributed by atoms with E-state index >= 15 is 0 Å². The zero-order valence-electron chi connectivity index (χ0n) is 13.4. The van der Waals surface area contributed by atoms with Gasteiger partial charge in [0.15, 0.2) is 0 Å². The third-order valence-corrected chi connectivity index (χ3v) is 4.03. The van der Waals surface area contributed by atoms with Crippen molar-refractivity contribution in [1.82, 2.24) is 9.97 Å². The van der Waals surface area contributed by atoms with Gasteiger partial charge < -0.3 is 9.72 Å². The summed E-state index contributed by atoms with van der Waals surface area (Å²) < 4.78 is 5.91. The van der Waals surface area contributed by atoms with E-state index in [0.29, 0.717) is 0 Å². The molecule has 3 rings (SSSR count). The van der Waals surface area contributed by atoms with Crippen molar-refractivity contribution >= 4 is 17.8 Å². The fourth-order valence-corrected chi connectivity index (χ4v) is 2.87. The van der Waals surface area contributed by atoms with Gasteiger partial charge in [-0.1, -0.05) is 18.2 Å². The number of nitrogens with one attached hydrogen (secondary N) is 2. The minimum Gasteiger partial charge on any atom is -0.490 e. The first kappa shape index (κ1) is 16.7. The van der Waals surface area contributed by atoms with Crippen molar-refractivity contribution in [1.29, 1.82) is 0 Å². The van der Waals surface area contributed by atoms with Crippen LogP contribution >= 0.6 is 0 Å². The molecule has 1 aromatic carbocycles. The van der Waals surface area contributed by atoms with Gasteiger partial charge in [-0.15, -0.1) is 0 Å². The quantitative estimate of drug-likeness (QED) is 0.638. The Morgan fingerprint density at radius 3 is 2.64 bits per heavy atom. The van der Waals surface area contributed by atoms with E-state index in [-0.39, 0.29) is 11.8 Å². The van der Waals surface area contributed by atoms with Crippen molar-refractivity contribution in [3.05, 3.63) is 66.5 Å². The van der Waals surface area contributed by atoms with Crippen molar-refractivity contribution in [2.45, 2.75) is 31.8 Å². The predicted octanol–water partition coefficient (Wildman–Crippen LogP) is 2.46. The maximum absolute atomic E-state index is 11.6. The molecule has 0 saturated heterocycles. The third-order valence-electron chi connectivity index (χ3n) is 4.03. The second-order valence-electron chi connectivity index (χ2n) is 5.86.